The summed E-state index contributed by atoms with van der Waals surface area (Å²) in [6.45, 7) is 8.14. The van der Waals surface area contributed by atoms with Crippen molar-refractivity contribution in [3.05, 3.63) is 52.9 Å². The molecule has 2 N–H and O–H groups in total. The van der Waals surface area contributed by atoms with Crippen molar-refractivity contribution in [3.8, 4) is 0 Å². The zero-order valence-corrected chi connectivity index (χ0v) is 15.5. The van der Waals surface area contributed by atoms with Crippen molar-refractivity contribution in [2.24, 2.45) is 0 Å². The number of nitrogens with one attached hydrogen (secondary N) is 2. The van der Waals surface area contributed by atoms with Gasteiger partial charge >= 0.3 is 6.03 Å². The van der Waals surface area contributed by atoms with Crippen LogP contribution < -0.4 is 10.6 Å². The van der Waals surface area contributed by atoms with Crippen LogP contribution in [-0.4, -0.2) is 36.2 Å². The quantitative estimate of drug-likeness (QED) is 0.722. The van der Waals surface area contributed by atoms with Gasteiger partial charge in [0.2, 0.25) is 0 Å². The van der Waals surface area contributed by atoms with E-state index in [4.69, 9.17) is 4.52 Å². The van der Waals surface area contributed by atoms with Gasteiger partial charge in [-0.3, -0.25) is 0 Å². The van der Waals surface area contributed by atoms with Crippen LogP contribution in [0.4, 0.5) is 4.79 Å². The molecule has 0 aliphatic heterocycles. The van der Waals surface area contributed by atoms with Crippen LogP contribution in [0, 0.1) is 13.8 Å². The van der Waals surface area contributed by atoms with Gasteiger partial charge in [0.1, 0.15) is 5.76 Å². The SMILES string of the molecule is Cc1noc(C)c1C(C)NC(=O)NCCCN(C)Cc1ccccc1. The highest BCUT2D eigenvalue weighted by molar-refractivity contribution is 5.74. The first-order valence-corrected chi connectivity index (χ1v) is 8.67. The highest BCUT2D eigenvalue weighted by Gasteiger charge is 2.17. The molecule has 0 saturated heterocycles. The lowest BCUT2D eigenvalue weighted by Crippen LogP contribution is -2.38. The van der Waals surface area contributed by atoms with E-state index in [0.717, 1.165) is 36.5 Å². The highest BCUT2D eigenvalue weighted by atomic mass is 16.5. The van der Waals surface area contributed by atoms with Gasteiger partial charge < -0.3 is 20.1 Å². The van der Waals surface area contributed by atoms with Crippen LogP contribution in [-0.2, 0) is 6.54 Å². The topological polar surface area (TPSA) is 70.4 Å². The zero-order chi connectivity index (χ0) is 18.2. The number of carbonyl (C=O) groups excluding carboxylic acids is 1. The maximum atomic E-state index is 12.0. The summed E-state index contributed by atoms with van der Waals surface area (Å²) in [5.41, 5.74) is 3.05. The lowest BCUT2D eigenvalue weighted by molar-refractivity contribution is 0.236. The van der Waals surface area contributed by atoms with E-state index in [1.165, 1.54) is 5.56 Å². The van der Waals surface area contributed by atoms with Gasteiger partial charge in [0.15, 0.2) is 0 Å². The summed E-state index contributed by atoms with van der Waals surface area (Å²) in [5, 5.41) is 9.76. The second-order valence-corrected chi connectivity index (χ2v) is 6.44. The molecule has 0 saturated carbocycles. The summed E-state index contributed by atoms with van der Waals surface area (Å²) in [5.74, 6) is 0.743. The molecule has 1 heterocycles. The fourth-order valence-electron chi connectivity index (χ4n) is 2.95. The molecule has 0 aliphatic rings. The Hall–Kier alpha value is -2.34. The lowest BCUT2D eigenvalue weighted by atomic mass is 10.1. The van der Waals surface area contributed by atoms with Gasteiger partial charge in [-0.25, -0.2) is 4.79 Å². The van der Waals surface area contributed by atoms with Crippen LogP contribution in [0.15, 0.2) is 34.9 Å². The second-order valence-electron chi connectivity index (χ2n) is 6.44. The average molecular weight is 344 g/mol. The van der Waals surface area contributed by atoms with E-state index in [-0.39, 0.29) is 12.1 Å². The van der Waals surface area contributed by atoms with Crippen LogP contribution in [0.1, 0.15) is 42.0 Å². The van der Waals surface area contributed by atoms with Crippen molar-refractivity contribution >= 4 is 6.03 Å². The average Bonchev–Trinajstić information content (AvgIpc) is 2.91. The molecule has 1 aromatic heterocycles. The Morgan fingerprint density at radius 3 is 2.64 bits per heavy atom. The number of nitrogens with zero attached hydrogens (tertiary/aromatic N) is 2. The number of hydrogen-bond donors (Lipinski definition) is 2. The molecular weight excluding hydrogens is 316 g/mol. The van der Waals surface area contributed by atoms with Gasteiger partial charge in [0.25, 0.3) is 0 Å². The zero-order valence-electron chi connectivity index (χ0n) is 15.5. The Balaban J connectivity index is 1.65. The van der Waals surface area contributed by atoms with Crippen molar-refractivity contribution in [3.63, 3.8) is 0 Å². The smallest absolute Gasteiger partial charge is 0.315 e. The van der Waals surface area contributed by atoms with Gasteiger partial charge in [0, 0.05) is 18.7 Å². The first kappa shape index (κ1) is 19.0. The molecular formula is C19H28N4O2. The minimum Gasteiger partial charge on any atom is -0.361 e. The van der Waals surface area contributed by atoms with Crippen molar-refractivity contribution < 1.29 is 9.32 Å². The van der Waals surface area contributed by atoms with Crippen molar-refractivity contribution in [2.75, 3.05) is 20.1 Å². The predicted octanol–water partition coefficient (Wildman–Crippen LogP) is 3.17. The molecule has 2 aromatic rings. The number of urea groups is 1. The third-order valence-electron chi connectivity index (χ3n) is 4.17. The molecule has 6 heteroatoms. The van der Waals surface area contributed by atoms with E-state index < -0.39 is 0 Å². The maximum Gasteiger partial charge on any atom is 0.315 e. The number of hydrogen-bond acceptors (Lipinski definition) is 4. The van der Waals surface area contributed by atoms with Crippen LogP contribution >= 0.6 is 0 Å². The summed E-state index contributed by atoms with van der Waals surface area (Å²) in [4.78, 5) is 14.3. The van der Waals surface area contributed by atoms with Gasteiger partial charge in [0.05, 0.1) is 11.7 Å². The molecule has 0 radical (unpaired) electrons. The molecule has 0 bridgehead atoms. The molecule has 1 atom stereocenters. The number of amides is 2. The predicted molar refractivity (Wildman–Crippen MR) is 98.3 cm³/mol. The highest BCUT2D eigenvalue weighted by Crippen LogP contribution is 2.20. The van der Waals surface area contributed by atoms with Crippen LogP contribution in [0.2, 0.25) is 0 Å². The standard InChI is InChI=1S/C19H28N4O2/c1-14(18-15(2)22-25-16(18)3)21-19(24)20-11-8-12-23(4)13-17-9-6-5-7-10-17/h5-7,9-10,14H,8,11-13H2,1-4H3,(H2,20,21,24). The van der Waals surface area contributed by atoms with Crippen molar-refractivity contribution in [1.29, 1.82) is 0 Å². The van der Waals surface area contributed by atoms with Crippen LogP contribution in [0.3, 0.4) is 0 Å². The maximum absolute atomic E-state index is 12.0. The minimum atomic E-state index is -0.168. The van der Waals surface area contributed by atoms with Gasteiger partial charge in [-0.15, -0.1) is 0 Å². The van der Waals surface area contributed by atoms with Crippen LogP contribution in [0.25, 0.3) is 0 Å². The number of carbonyl (C=O) groups is 1. The van der Waals surface area contributed by atoms with Gasteiger partial charge in [-0.1, -0.05) is 35.5 Å². The Labute approximate surface area is 149 Å². The molecule has 0 fully saturated rings. The Bertz CT molecular complexity index is 650. The van der Waals surface area contributed by atoms with E-state index in [9.17, 15) is 4.79 Å². The van der Waals surface area contributed by atoms with E-state index in [2.05, 4.69) is 52.0 Å². The molecule has 2 rings (SSSR count). The molecule has 1 unspecified atom stereocenters. The molecule has 136 valence electrons. The summed E-state index contributed by atoms with van der Waals surface area (Å²) in [6, 6.07) is 10.1. The number of aryl methyl sites for hydroxylation is 2. The van der Waals surface area contributed by atoms with E-state index in [1.807, 2.05) is 26.8 Å². The van der Waals surface area contributed by atoms with E-state index in [0.29, 0.717) is 6.54 Å². The summed E-state index contributed by atoms with van der Waals surface area (Å²) in [6.07, 6.45) is 0.899. The third-order valence-corrected chi connectivity index (χ3v) is 4.17. The fraction of sp³-hybridized carbons (Fsp3) is 0.474. The van der Waals surface area contributed by atoms with E-state index >= 15 is 0 Å². The molecule has 25 heavy (non-hydrogen) atoms. The van der Waals surface area contributed by atoms with Crippen LogP contribution in [0.5, 0.6) is 0 Å². The monoisotopic (exact) mass is 344 g/mol. The Kier molecular flexibility index (Phi) is 7.01. The Morgan fingerprint density at radius 1 is 1.28 bits per heavy atom. The second kappa shape index (κ2) is 9.22. The molecule has 6 nitrogen and oxygen atoms in total. The fourth-order valence-corrected chi connectivity index (χ4v) is 2.95. The first-order valence-electron chi connectivity index (χ1n) is 8.67. The van der Waals surface area contributed by atoms with Crippen molar-refractivity contribution in [1.82, 2.24) is 20.7 Å². The van der Waals surface area contributed by atoms with E-state index in [1.54, 1.807) is 0 Å². The number of rotatable bonds is 8. The van der Waals surface area contributed by atoms with Crippen molar-refractivity contribution in [2.45, 2.75) is 39.8 Å². The number of benzene rings is 1. The first-order chi connectivity index (χ1) is 12.0. The molecule has 2 amide bonds. The molecule has 0 aliphatic carbocycles. The molecule has 0 spiro atoms. The lowest BCUT2D eigenvalue weighted by Gasteiger charge is -2.17. The Morgan fingerprint density at radius 2 is 2.00 bits per heavy atom. The normalized spacial score (nSPS) is 12.2. The summed E-state index contributed by atoms with van der Waals surface area (Å²) < 4.78 is 5.14. The summed E-state index contributed by atoms with van der Waals surface area (Å²) in [7, 11) is 2.09. The minimum absolute atomic E-state index is 0.132. The van der Waals surface area contributed by atoms with Gasteiger partial charge in [-0.2, -0.15) is 0 Å². The third kappa shape index (κ3) is 5.90. The molecule has 1 aromatic carbocycles. The van der Waals surface area contributed by atoms with Gasteiger partial charge in [-0.05, 0) is 46.3 Å². The largest absolute Gasteiger partial charge is 0.361 e. The number of aromatic nitrogens is 1. The summed E-state index contributed by atoms with van der Waals surface area (Å²) >= 11 is 0.